The topological polar surface area (TPSA) is 93.2 Å². The molecule has 3 aliphatic rings. The van der Waals surface area contributed by atoms with Gasteiger partial charge in [-0.25, -0.2) is 9.59 Å². The van der Waals surface area contributed by atoms with E-state index in [0.717, 1.165) is 12.8 Å². The highest BCUT2D eigenvalue weighted by Crippen LogP contribution is 2.22. The van der Waals surface area contributed by atoms with E-state index >= 15 is 0 Å². The number of hydrogen-bond donors (Lipinski definition) is 0. The maximum Gasteiger partial charge on any atom is 0.328 e. The third kappa shape index (κ3) is 5.83. The Hall–Kier alpha value is -2.38. The first-order chi connectivity index (χ1) is 14.6. The van der Waals surface area contributed by atoms with Gasteiger partial charge < -0.3 is 19.3 Å². The zero-order valence-corrected chi connectivity index (χ0v) is 17.6. The predicted octanol–water partition coefficient (Wildman–Crippen LogP) is 1.97. The van der Waals surface area contributed by atoms with E-state index in [-0.39, 0.29) is 37.0 Å². The summed E-state index contributed by atoms with van der Waals surface area (Å²) in [7, 11) is 0. The minimum absolute atomic E-state index is 0.0566. The number of cyclic esters (lactones) is 2. The number of carbonyl (C=O) groups is 4. The molecular formula is C22H32N2O6. The Labute approximate surface area is 177 Å². The Morgan fingerprint density at radius 3 is 1.53 bits per heavy atom. The molecule has 2 saturated heterocycles. The van der Waals surface area contributed by atoms with Gasteiger partial charge in [-0.05, 0) is 51.4 Å². The molecule has 0 unspecified atom stereocenters. The first-order valence-corrected chi connectivity index (χ1v) is 11.1. The molecule has 0 spiro atoms. The number of ether oxygens (including phenoxy) is 2. The fourth-order valence-corrected chi connectivity index (χ4v) is 4.34. The van der Waals surface area contributed by atoms with Gasteiger partial charge in [0.05, 0.1) is 13.2 Å². The average molecular weight is 421 g/mol. The van der Waals surface area contributed by atoms with Crippen molar-refractivity contribution in [3.05, 3.63) is 12.2 Å². The number of nitrogens with zero attached hydrogens (tertiary/aromatic N) is 2. The van der Waals surface area contributed by atoms with E-state index in [9.17, 15) is 19.2 Å². The smallest absolute Gasteiger partial charge is 0.328 e. The minimum Gasteiger partial charge on any atom is -0.464 e. The largest absolute Gasteiger partial charge is 0.464 e. The summed E-state index contributed by atoms with van der Waals surface area (Å²) >= 11 is 0. The molecule has 0 radical (unpaired) electrons. The van der Waals surface area contributed by atoms with Crippen LogP contribution in [0.25, 0.3) is 0 Å². The summed E-state index contributed by atoms with van der Waals surface area (Å²) in [4.78, 5) is 53.1. The Morgan fingerprint density at radius 1 is 0.667 bits per heavy atom. The number of rotatable bonds is 0. The second-order valence-electron chi connectivity index (χ2n) is 8.08. The molecule has 3 aliphatic heterocycles. The van der Waals surface area contributed by atoms with Crippen molar-refractivity contribution in [2.24, 2.45) is 0 Å². The lowest BCUT2D eigenvalue weighted by atomic mass is 10.1. The number of fused-ring (bicyclic) bond motifs is 2. The highest BCUT2D eigenvalue weighted by atomic mass is 16.5. The van der Waals surface area contributed by atoms with Crippen LogP contribution in [0.1, 0.15) is 64.2 Å². The second kappa shape index (κ2) is 11.1. The van der Waals surface area contributed by atoms with Crippen LogP contribution in [-0.4, -0.2) is 71.9 Å². The summed E-state index contributed by atoms with van der Waals surface area (Å²) in [5, 5.41) is 0. The SMILES string of the molecule is O=C1OCCC=CCCOC(=O)[C@H]2CCCN2C(=O)CCCCC(=O)N2CCC[C@H]12. The van der Waals surface area contributed by atoms with Gasteiger partial charge >= 0.3 is 11.9 Å². The second-order valence-corrected chi connectivity index (χ2v) is 8.08. The Bertz CT molecular complexity index is 621. The van der Waals surface area contributed by atoms with Gasteiger partial charge in [-0.15, -0.1) is 0 Å². The summed E-state index contributed by atoms with van der Waals surface area (Å²) < 4.78 is 10.7. The molecule has 2 atom stereocenters. The first-order valence-electron chi connectivity index (χ1n) is 11.1. The van der Waals surface area contributed by atoms with E-state index in [1.807, 2.05) is 12.2 Å². The third-order valence-electron chi connectivity index (χ3n) is 5.95. The standard InChI is InChI=1S/C22H32N2O6/c25-19-11-3-4-12-20(26)24-14-8-10-18(24)22(28)30-16-6-2-1-5-15-29-21(27)17-9-7-13-23(17)19/h1-2,17-18H,3-16H2/t17-,18-/m1/s1. The molecule has 2 amide bonds. The van der Waals surface area contributed by atoms with Crippen molar-refractivity contribution in [2.45, 2.75) is 76.3 Å². The summed E-state index contributed by atoms with van der Waals surface area (Å²) in [6.07, 6.45) is 9.59. The van der Waals surface area contributed by atoms with Crippen molar-refractivity contribution in [1.82, 2.24) is 9.80 Å². The normalized spacial score (nSPS) is 28.0. The van der Waals surface area contributed by atoms with Gasteiger partial charge in [0, 0.05) is 25.9 Å². The van der Waals surface area contributed by atoms with Gasteiger partial charge in [0.2, 0.25) is 11.8 Å². The van der Waals surface area contributed by atoms with Crippen molar-refractivity contribution in [2.75, 3.05) is 26.3 Å². The van der Waals surface area contributed by atoms with Crippen LogP contribution >= 0.6 is 0 Å². The molecule has 0 aliphatic carbocycles. The van der Waals surface area contributed by atoms with Crippen LogP contribution in [0, 0.1) is 0 Å². The van der Waals surface area contributed by atoms with Crippen LogP contribution in [0.3, 0.4) is 0 Å². The number of esters is 2. The monoisotopic (exact) mass is 420 g/mol. The summed E-state index contributed by atoms with van der Waals surface area (Å²) in [5.74, 6) is -0.793. The van der Waals surface area contributed by atoms with Crippen LogP contribution in [0.5, 0.6) is 0 Å². The Kier molecular flexibility index (Phi) is 8.28. The van der Waals surface area contributed by atoms with Crippen LogP contribution < -0.4 is 0 Å². The van der Waals surface area contributed by atoms with E-state index in [1.165, 1.54) is 0 Å². The zero-order valence-electron chi connectivity index (χ0n) is 17.6. The lowest BCUT2D eigenvalue weighted by Gasteiger charge is -2.24. The van der Waals surface area contributed by atoms with Gasteiger partial charge in [0.25, 0.3) is 0 Å². The first kappa shape index (κ1) is 22.3. The predicted molar refractivity (Wildman–Crippen MR) is 108 cm³/mol. The molecule has 0 bridgehead atoms. The lowest BCUT2D eigenvalue weighted by Crippen LogP contribution is -2.42. The molecule has 0 aromatic rings. The fourth-order valence-electron chi connectivity index (χ4n) is 4.34. The third-order valence-corrected chi connectivity index (χ3v) is 5.95. The molecule has 166 valence electrons. The van der Waals surface area contributed by atoms with E-state index < -0.39 is 12.1 Å². The maximum atomic E-state index is 12.6. The van der Waals surface area contributed by atoms with Crippen LogP contribution in [0.4, 0.5) is 0 Å². The van der Waals surface area contributed by atoms with E-state index in [4.69, 9.17) is 9.47 Å². The van der Waals surface area contributed by atoms with Crippen molar-refractivity contribution >= 4 is 23.8 Å². The van der Waals surface area contributed by atoms with Gasteiger partial charge in [0.1, 0.15) is 12.1 Å². The molecule has 8 heteroatoms. The summed E-state index contributed by atoms with van der Waals surface area (Å²) in [5.41, 5.74) is 0. The van der Waals surface area contributed by atoms with E-state index in [1.54, 1.807) is 9.80 Å². The van der Waals surface area contributed by atoms with E-state index in [0.29, 0.717) is 64.5 Å². The van der Waals surface area contributed by atoms with Gasteiger partial charge in [-0.1, -0.05) is 12.2 Å². The lowest BCUT2D eigenvalue weighted by molar-refractivity contribution is -0.153. The fraction of sp³-hybridized carbons (Fsp3) is 0.727. The molecule has 3 heterocycles. The highest BCUT2D eigenvalue weighted by Gasteiger charge is 2.36. The Balaban J connectivity index is 1.61. The van der Waals surface area contributed by atoms with E-state index in [2.05, 4.69) is 0 Å². The molecule has 0 aromatic heterocycles. The molecule has 0 aromatic carbocycles. The maximum absolute atomic E-state index is 12.6. The number of hydrogen-bond acceptors (Lipinski definition) is 6. The van der Waals surface area contributed by atoms with Gasteiger partial charge in [0.15, 0.2) is 0 Å². The highest BCUT2D eigenvalue weighted by molar-refractivity contribution is 5.86. The molecule has 0 saturated carbocycles. The van der Waals surface area contributed by atoms with Crippen molar-refractivity contribution < 1.29 is 28.7 Å². The quantitative estimate of drug-likeness (QED) is 0.439. The molecule has 3 rings (SSSR count). The molecular weight excluding hydrogens is 388 g/mol. The molecule has 0 N–H and O–H groups in total. The average Bonchev–Trinajstić information content (AvgIpc) is 3.41. The van der Waals surface area contributed by atoms with Crippen LogP contribution in [0.15, 0.2) is 12.2 Å². The van der Waals surface area contributed by atoms with Crippen molar-refractivity contribution in [3.63, 3.8) is 0 Å². The number of carbonyl (C=O) groups excluding carboxylic acids is 4. The summed E-state index contributed by atoms with van der Waals surface area (Å²) in [6.45, 7) is 1.70. The minimum atomic E-state index is -0.488. The molecule has 30 heavy (non-hydrogen) atoms. The Morgan fingerprint density at radius 2 is 1.10 bits per heavy atom. The summed E-state index contributed by atoms with van der Waals surface area (Å²) in [6, 6.07) is -0.975. The van der Waals surface area contributed by atoms with Gasteiger partial charge in [-0.3, -0.25) is 9.59 Å². The van der Waals surface area contributed by atoms with Crippen molar-refractivity contribution in [3.8, 4) is 0 Å². The zero-order chi connectivity index (χ0) is 21.3. The van der Waals surface area contributed by atoms with Crippen LogP contribution in [0.2, 0.25) is 0 Å². The van der Waals surface area contributed by atoms with Crippen LogP contribution in [-0.2, 0) is 28.7 Å². The molecule has 2 fully saturated rings. The van der Waals surface area contributed by atoms with Crippen molar-refractivity contribution in [1.29, 1.82) is 0 Å². The van der Waals surface area contributed by atoms with Gasteiger partial charge in [-0.2, -0.15) is 0 Å². The number of amides is 2. The molecule has 8 nitrogen and oxygen atoms in total.